The number of phenols is 1. The van der Waals surface area contributed by atoms with Gasteiger partial charge in [0.2, 0.25) is 0 Å². The first-order chi connectivity index (χ1) is 7.09. The van der Waals surface area contributed by atoms with E-state index in [1.165, 1.54) is 0 Å². The number of carbonyl (C=O) groups is 1. The van der Waals surface area contributed by atoms with Gasteiger partial charge in [0, 0.05) is 18.7 Å². The SMILES string of the molecule is C=C(CNCc1ccc(O)cc1)C(=O)O. The third-order valence-electron chi connectivity index (χ3n) is 1.91. The first-order valence-electron chi connectivity index (χ1n) is 4.49. The molecule has 0 aromatic heterocycles. The Kier molecular flexibility index (Phi) is 3.88. The molecule has 4 nitrogen and oxygen atoms in total. The number of carboxylic acids is 1. The molecule has 4 heteroatoms. The molecule has 0 saturated carbocycles. The molecule has 0 fully saturated rings. The Hall–Kier alpha value is -1.81. The molecule has 1 rings (SSSR count). The zero-order valence-corrected chi connectivity index (χ0v) is 8.23. The summed E-state index contributed by atoms with van der Waals surface area (Å²) in [4.78, 5) is 10.4. The van der Waals surface area contributed by atoms with Crippen LogP contribution in [0, 0.1) is 0 Å². The standard InChI is InChI=1S/C11H13NO3/c1-8(11(14)15)6-12-7-9-2-4-10(13)5-3-9/h2-5,12-13H,1,6-7H2,(H,14,15). The molecule has 0 bridgehead atoms. The van der Waals surface area contributed by atoms with Gasteiger partial charge in [0.15, 0.2) is 0 Å². The van der Waals surface area contributed by atoms with Crippen LogP contribution < -0.4 is 5.32 Å². The predicted octanol–water partition coefficient (Wildman–Crippen LogP) is 1.12. The minimum absolute atomic E-state index is 0.133. The van der Waals surface area contributed by atoms with Crippen LogP contribution in [0.4, 0.5) is 0 Å². The summed E-state index contributed by atoms with van der Waals surface area (Å²) in [5.41, 5.74) is 1.11. The van der Waals surface area contributed by atoms with E-state index in [0.717, 1.165) is 5.56 Å². The van der Waals surface area contributed by atoms with E-state index >= 15 is 0 Å². The Labute approximate surface area is 87.9 Å². The molecule has 1 aromatic rings. The van der Waals surface area contributed by atoms with Crippen LogP contribution in [-0.4, -0.2) is 22.7 Å². The fraction of sp³-hybridized carbons (Fsp3) is 0.182. The second-order valence-corrected chi connectivity index (χ2v) is 3.18. The van der Waals surface area contributed by atoms with Gasteiger partial charge in [-0.15, -0.1) is 0 Å². The van der Waals surface area contributed by atoms with Crippen LogP contribution in [0.1, 0.15) is 5.56 Å². The van der Waals surface area contributed by atoms with Gasteiger partial charge >= 0.3 is 5.97 Å². The van der Waals surface area contributed by atoms with Crippen molar-refractivity contribution in [3.05, 3.63) is 42.0 Å². The summed E-state index contributed by atoms with van der Waals surface area (Å²) in [7, 11) is 0. The quantitative estimate of drug-likeness (QED) is 0.633. The van der Waals surface area contributed by atoms with Gasteiger partial charge in [-0.25, -0.2) is 4.79 Å². The number of aliphatic carboxylic acids is 1. The van der Waals surface area contributed by atoms with Crippen molar-refractivity contribution in [2.75, 3.05) is 6.54 Å². The Bertz CT molecular complexity index is 357. The zero-order valence-electron chi connectivity index (χ0n) is 8.23. The van der Waals surface area contributed by atoms with Crippen LogP contribution in [0.25, 0.3) is 0 Å². The molecular weight excluding hydrogens is 194 g/mol. The number of aromatic hydroxyl groups is 1. The summed E-state index contributed by atoms with van der Waals surface area (Å²) in [6.45, 7) is 4.19. The van der Waals surface area contributed by atoms with Crippen LogP contribution in [0.2, 0.25) is 0 Å². The molecular formula is C11H13NO3. The van der Waals surface area contributed by atoms with Gasteiger partial charge in [0.25, 0.3) is 0 Å². The van der Waals surface area contributed by atoms with Gasteiger partial charge in [0.05, 0.1) is 0 Å². The minimum atomic E-state index is -0.992. The van der Waals surface area contributed by atoms with Gasteiger partial charge in [-0.05, 0) is 17.7 Å². The van der Waals surface area contributed by atoms with E-state index in [1.54, 1.807) is 24.3 Å². The third kappa shape index (κ3) is 3.83. The summed E-state index contributed by atoms with van der Waals surface area (Å²) in [5.74, 6) is -0.776. The van der Waals surface area contributed by atoms with E-state index in [9.17, 15) is 4.79 Å². The lowest BCUT2D eigenvalue weighted by molar-refractivity contribution is -0.132. The second kappa shape index (κ2) is 5.17. The van der Waals surface area contributed by atoms with E-state index in [0.29, 0.717) is 6.54 Å². The van der Waals surface area contributed by atoms with Crippen LogP contribution in [-0.2, 0) is 11.3 Å². The van der Waals surface area contributed by atoms with E-state index in [4.69, 9.17) is 10.2 Å². The molecule has 1 aromatic carbocycles. The lowest BCUT2D eigenvalue weighted by Gasteiger charge is -2.04. The summed E-state index contributed by atoms with van der Waals surface area (Å²) in [6, 6.07) is 6.71. The van der Waals surface area contributed by atoms with Crippen molar-refractivity contribution in [2.45, 2.75) is 6.54 Å². The topological polar surface area (TPSA) is 69.6 Å². The van der Waals surface area contributed by atoms with Crippen molar-refractivity contribution < 1.29 is 15.0 Å². The average molecular weight is 207 g/mol. The Morgan fingerprint density at radius 2 is 1.93 bits per heavy atom. The monoisotopic (exact) mass is 207 g/mol. The lowest BCUT2D eigenvalue weighted by atomic mass is 10.2. The second-order valence-electron chi connectivity index (χ2n) is 3.18. The van der Waals surface area contributed by atoms with Crippen LogP contribution in [0.5, 0.6) is 5.75 Å². The molecule has 0 amide bonds. The van der Waals surface area contributed by atoms with Crippen LogP contribution >= 0.6 is 0 Å². The maximum absolute atomic E-state index is 10.4. The molecule has 0 heterocycles. The summed E-state index contributed by atoms with van der Waals surface area (Å²) >= 11 is 0. The summed E-state index contributed by atoms with van der Waals surface area (Å²) in [6.07, 6.45) is 0. The van der Waals surface area contributed by atoms with Crippen molar-refractivity contribution in [3.8, 4) is 5.75 Å². The molecule has 15 heavy (non-hydrogen) atoms. The van der Waals surface area contributed by atoms with Crippen LogP contribution in [0.3, 0.4) is 0 Å². The largest absolute Gasteiger partial charge is 0.508 e. The van der Waals surface area contributed by atoms with Crippen molar-refractivity contribution >= 4 is 5.97 Å². The smallest absolute Gasteiger partial charge is 0.332 e. The number of phenolic OH excluding ortho intramolecular Hbond substituents is 1. The Morgan fingerprint density at radius 1 is 1.33 bits per heavy atom. The molecule has 80 valence electrons. The molecule has 0 saturated heterocycles. The fourth-order valence-corrected chi connectivity index (χ4v) is 1.05. The van der Waals surface area contributed by atoms with Crippen molar-refractivity contribution in [2.24, 2.45) is 0 Å². The van der Waals surface area contributed by atoms with Gasteiger partial charge in [-0.1, -0.05) is 18.7 Å². The highest BCUT2D eigenvalue weighted by Gasteiger charge is 2.02. The normalized spacial score (nSPS) is 9.87. The van der Waals surface area contributed by atoms with Crippen molar-refractivity contribution in [3.63, 3.8) is 0 Å². The summed E-state index contributed by atoms with van der Waals surface area (Å²) < 4.78 is 0. The number of benzene rings is 1. The van der Waals surface area contributed by atoms with Crippen LogP contribution in [0.15, 0.2) is 36.4 Å². The highest BCUT2D eigenvalue weighted by molar-refractivity contribution is 5.86. The summed E-state index contributed by atoms with van der Waals surface area (Å²) in [5, 5.41) is 20.5. The van der Waals surface area contributed by atoms with E-state index in [-0.39, 0.29) is 17.9 Å². The molecule has 3 N–H and O–H groups in total. The number of rotatable bonds is 5. The van der Waals surface area contributed by atoms with Gasteiger partial charge < -0.3 is 15.5 Å². The maximum atomic E-state index is 10.4. The van der Waals surface area contributed by atoms with E-state index < -0.39 is 5.97 Å². The number of hydrogen-bond donors (Lipinski definition) is 3. The first kappa shape index (κ1) is 11.3. The maximum Gasteiger partial charge on any atom is 0.332 e. The van der Waals surface area contributed by atoms with Crippen molar-refractivity contribution in [1.82, 2.24) is 5.32 Å². The fourth-order valence-electron chi connectivity index (χ4n) is 1.05. The molecule has 0 aliphatic rings. The Balaban J connectivity index is 2.35. The predicted molar refractivity (Wildman–Crippen MR) is 56.6 cm³/mol. The molecule has 0 aliphatic carbocycles. The number of nitrogens with one attached hydrogen (secondary N) is 1. The third-order valence-corrected chi connectivity index (χ3v) is 1.91. The van der Waals surface area contributed by atoms with E-state index in [2.05, 4.69) is 11.9 Å². The Morgan fingerprint density at radius 3 is 2.47 bits per heavy atom. The number of hydrogen-bond acceptors (Lipinski definition) is 3. The highest BCUT2D eigenvalue weighted by atomic mass is 16.4. The van der Waals surface area contributed by atoms with Gasteiger partial charge in [-0.3, -0.25) is 0 Å². The molecule has 0 aliphatic heterocycles. The number of carboxylic acid groups (broad SMARTS) is 1. The van der Waals surface area contributed by atoms with E-state index in [1.807, 2.05) is 0 Å². The highest BCUT2D eigenvalue weighted by Crippen LogP contribution is 2.09. The van der Waals surface area contributed by atoms with Gasteiger partial charge in [0.1, 0.15) is 5.75 Å². The first-order valence-corrected chi connectivity index (χ1v) is 4.49. The zero-order chi connectivity index (χ0) is 11.3. The minimum Gasteiger partial charge on any atom is -0.508 e. The molecule has 0 radical (unpaired) electrons. The molecule has 0 unspecified atom stereocenters. The van der Waals surface area contributed by atoms with Gasteiger partial charge in [-0.2, -0.15) is 0 Å². The average Bonchev–Trinajstić information content (AvgIpc) is 2.20. The van der Waals surface area contributed by atoms with Crippen molar-refractivity contribution in [1.29, 1.82) is 0 Å². The lowest BCUT2D eigenvalue weighted by Crippen LogP contribution is -2.19. The molecule has 0 atom stereocenters. The molecule has 0 spiro atoms.